The van der Waals surface area contributed by atoms with Gasteiger partial charge in [0, 0.05) is 35.3 Å². The number of hydrogen-bond acceptors (Lipinski definition) is 5. The van der Waals surface area contributed by atoms with Crippen LogP contribution in [0.4, 0.5) is 5.69 Å². The number of anilines is 1. The number of benzene rings is 3. The number of H-pyrrole nitrogens is 2. The van der Waals surface area contributed by atoms with Crippen LogP contribution in [0.2, 0.25) is 0 Å². The number of halogens is 1. The van der Waals surface area contributed by atoms with Crippen LogP contribution in [-0.2, 0) is 0 Å². The number of aryl methyl sites for hydroxylation is 1. The summed E-state index contributed by atoms with van der Waals surface area (Å²) in [5, 5.41) is 14.3. The predicted octanol–water partition coefficient (Wildman–Crippen LogP) is 5.99. The predicted molar refractivity (Wildman–Crippen MR) is 157 cm³/mol. The standard InChI is InChI=1S/C30H25BrN6O2/c1-18-11-23(37-10-9-32-17-37)15-25-28(18)36-29(35-25)27-24(7-8-33-30(27)39)34-16-26(38)21-12-20(13-22(31)14-21)19-5-3-2-4-6-19/h2-15,17,26,38H,16H2,1H3,(H,35,36)(H2,33,34,39). The van der Waals surface area contributed by atoms with E-state index in [2.05, 4.69) is 36.2 Å². The summed E-state index contributed by atoms with van der Waals surface area (Å²) in [4.78, 5) is 27.9. The first kappa shape index (κ1) is 24.8. The first-order chi connectivity index (χ1) is 19.0. The van der Waals surface area contributed by atoms with Gasteiger partial charge in [-0.3, -0.25) is 4.79 Å². The Labute approximate surface area is 232 Å². The third kappa shape index (κ3) is 5.01. The summed E-state index contributed by atoms with van der Waals surface area (Å²) < 4.78 is 2.80. The van der Waals surface area contributed by atoms with Gasteiger partial charge in [0.25, 0.3) is 5.56 Å². The van der Waals surface area contributed by atoms with Crippen molar-refractivity contribution < 1.29 is 5.11 Å². The van der Waals surface area contributed by atoms with Crippen molar-refractivity contribution in [2.24, 2.45) is 0 Å². The van der Waals surface area contributed by atoms with E-state index in [4.69, 9.17) is 4.98 Å². The third-order valence-corrected chi connectivity index (χ3v) is 7.12. The highest BCUT2D eigenvalue weighted by Gasteiger charge is 2.18. The Balaban J connectivity index is 1.30. The Bertz CT molecular complexity index is 1830. The van der Waals surface area contributed by atoms with Crippen molar-refractivity contribution in [3.05, 3.63) is 118 Å². The van der Waals surface area contributed by atoms with E-state index in [9.17, 15) is 9.90 Å². The average molecular weight is 581 g/mol. The number of aromatic nitrogens is 5. The van der Waals surface area contributed by atoms with Gasteiger partial charge >= 0.3 is 0 Å². The van der Waals surface area contributed by atoms with E-state index < -0.39 is 6.10 Å². The average Bonchev–Trinajstić information content (AvgIpc) is 3.63. The Kier molecular flexibility index (Phi) is 6.60. The number of fused-ring (bicyclic) bond motifs is 1. The third-order valence-electron chi connectivity index (χ3n) is 6.66. The zero-order valence-electron chi connectivity index (χ0n) is 21.0. The van der Waals surface area contributed by atoms with Crippen molar-refractivity contribution in [2.75, 3.05) is 11.9 Å². The normalized spacial score (nSPS) is 12.1. The van der Waals surface area contributed by atoms with Crippen LogP contribution in [0.15, 0.2) is 101 Å². The minimum Gasteiger partial charge on any atom is -0.387 e. The molecule has 8 nitrogen and oxygen atoms in total. The minimum absolute atomic E-state index is 0.200. The molecule has 6 aromatic rings. The van der Waals surface area contributed by atoms with Crippen molar-refractivity contribution in [1.82, 2.24) is 24.5 Å². The Morgan fingerprint density at radius 2 is 1.92 bits per heavy atom. The summed E-state index contributed by atoms with van der Waals surface area (Å²) in [5.41, 5.74) is 7.00. The monoisotopic (exact) mass is 580 g/mol. The second-order valence-corrected chi connectivity index (χ2v) is 10.3. The summed E-state index contributed by atoms with van der Waals surface area (Å²) in [6.07, 6.45) is 6.11. The lowest BCUT2D eigenvalue weighted by Gasteiger charge is -2.16. The molecule has 0 saturated heterocycles. The number of aliphatic hydroxyl groups is 1. The molecule has 0 saturated carbocycles. The van der Waals surface area contributed by atoms with Crippen LogP contribution >= 0.6 is 15.9 Å². The van der Waals surface area contributed by atoms with E-state index in [-0.39, 0.29) is 12.1 Å². The van der Waals surface area contributed by atoms with Gasteiger partial charge in [-0.2, -0.15) is 0 Å². The topological polar surface area (TPSA) is 112 Å². The lowest BCUT2D eigenvalue weighted by molar-refractivity contribution is 0.191. The highest BCUT2D eigenvalue weighted by atomic mass is 79.9. The van der Waals surface area contributed by atoms with Gasteiger partial charge < -0.3 is 25.0 Å². The number of imidazole rings is 2. The Hall–Kier alpha value is -4.47. The first-order valence-corrected chi connectivity index (χ1v) is 13.2. The van der Waals surface area contributed by atoms with Crippen molar-refractivity contribution in [3.63, 3.8) is 0 Å². The maximum absolute atomic E-state index is 13.0. The molecule has 0 radical (unpaired) electrons. The lowest BCUT2D eigenvalue weighted by atomic mass is 10.0. The molecule has 3 heterocycles. The summed E-state index contributed by atoms with van der Waals surface area (Å²) in [6, 6.07) is 21.7. The molecule has 194 valence electrons. The van der Waals surface area contributed by atoms with E-state index in [1.54, 1.807) is 24.8 Å². The van der Waals surface area contributed by atoms with Gasteiger partial charge in [0.1, 0.15) is 11.4 Å². The second-order valence-electron chi connectivity index (χ2n) is 9.35. The molecular formula is C30H25BrN6O2. The Morgan fingerprint density at radius 1 is 1.08 bits per heavy atom. The maximum Gasteiger partial charge on any atom is 0.261 e. The highest BCUT2D eigenvalue weighted by Crippen LogP contribution is 2.30. The lowest BCUT2D eigenvalue weighted by Crippen LogP contribution is -2.17. The molecule has 9 heteroatoms. The van der Waals surface area contributed by atoms with Crippen LogP contribution in [0.5, 0.6) is 0 Å². The van der Waals surface area contributed by atoms with Gasteiger partial charge in [0.05, 0.1) is 29.2 Å². The molecule has 4 N–H and O–H groups in total. The van der Waals surface area contributed by atoms with Crippen molar-refractivity contribution in [3.8, 4) is 28.2 Å². The van der Waals surface area contributed by atoms with Crippen molar-refractivity contribution in [2.45, 2.75) is 13.0 Å². The maximum atomic E-state index is 13.0. The van der Waals surface area contributed by atoms with Crippen LogP contribution in [0, 0.1) is 6.92 Å². The van der Waals surface area contributed by atoms with Gasteiger partial charge in [-0.15, -0.1) is 0 Å². The van der Waals surface area contributed by atoms with Crippen molar-refractivity contribution in [1.29, 1.82) is 0 Å². The molecule has 0 aliphatic heterocycles. The van der Waals surface area contributed by atoms with Crippen LogP contribution in [0.25, 0.3) is 39.2 Å². The SMILES string of the molecule is Cc1cc(-n2ccnc2)cc2[nH]c(-c3c(NCC(O)c4cc(Br)cc(-c5ccccc5)c4)cc[nH]c3=O)nc12. The Morgan fingerprint density at radius 3 is 2.72 bits per heavy atom. The van der Waals surface area contributed by atoms with E-state index in [1.807, 2.05) is 78.4 Å². The molecule has 0 bridgehead atoms. The molecular weight excluding hydrogens is 556 g/mol. The summed E-state index contributed by atoms with van der Waals surface area (Å²) in [7, 11) is 0. The van der Waals surface area contributed by atoms with E-state index in [0.717, 1.165) is 43.4 Å². The van der Waals surface area contributed by atoms with Gasteiger partial charge in [0.2, 0.25) is 0 Å². The highest BCUT2D eigenvalue weighted by molar-refractivity contribution is 9.10. The number of pyridine rings is 1. The molecule has 0 aliphatic rings. The summed E-state index contributed by atoms with van der Waals surface area (Å²) in [6.45, 7) is 2.19. The van der Waals surface area contributed by atoms with Gasteiger partial charge in [-0.25, -0.2) is 9.97 Å². The summed E-state index contributed by atoms with van der Waals surface area (Å²) in [5.74, 6) is 0.448. The molecule has 3 aromatic heterocycles. The zero-order chi connectivity index (χ0) is 26.9. The summed E-state index contributed by atoms with van der Waals surface area (Å²) >= 11 is 3.57. The first-order valence-electron chi connectivity index (χ1n) is 12.4. The van der Waals surface area contributed by atoms with Crippen LogP contribution in [0.1, 0.15) is 17.2 Å². The van der Waals surface area contributed by atoms with E-state index in [1.165, 1.54) is 0 Å². The van der Waals surface area contributed by atoms with Gasteiger partial charge in [-0.05, 0) is 65.6 Å². The molecule has 0 amide bonds. The van der Waals surface area contributed by atoms with Crippen LogP contribution in [0.3, 0.4) is 0 Å². The molecule has 0 aliphatic carbocycles. The molecule has 0 spiro atoms. The molecule has 0 fully saturated rings. The fourth-order valence-corrected chi connectivity index (χ4v) is 5.25. The zero-order valence-corrected chi connectivity index (χ0v) is 22.6. The van der Waals surface area contributed by atoms with Crippen LogP contribution in [-0.4, -0.2) is 36.2 Å². The fourth-order valence-electron chi connectivity index (χ4n) is 4.74. The van der Waals surface area contributed by atoms with Crippen LogP contribution < -0.4 is 10.9 Å². The minimum atomic E-state index is -0.812. The largest absolute Gasteiger partial charge is 0.387 e. The quantitative estimate of drug-likeness (QED) is 0.185. The molecule has 6 rings (SSSR count). The fraction of sp³-hybridized carbons (Fsp3) is 0.100. The molecule has 3 aromatic carbocycles. The number of aromatic amines is 2. The van der Waals surface area contributed by atoms with Gasteiger partial charge in [0.15, 0.2) is 0 Å². The number of nitrogens with zero attached hydrogens (tertiary/aromatic N) is 3. The number of hydrogen-bond donors (Lipinski definition) is 4. The number of rotatable bonds is 7. The second kappa shape index (κ2) is 10.4. The number of aliphatic hydroxyl groups excluding tert-OH is 1. The van der Waals surface area contributed by atoms with Crippen molar-refractivity contribution >= 4 is 32.7 Å². The molecule has 1 atom stereocenters. The molecule has 1 unspecified atom stereocenters. The van der Waals surface area contributed by atoms with E-state index >= 15 is 0 Å². The van der Waals surface area contributed by atoms with Gasteiger partial charge in [-0.1, -0.05) is 46.3 Å². The van der Waals surface area contributed by atoms with E-state index in [0.29, 0.717) is 17.1 Å². The number of nitrogens with one attached hydrogen (secondary N) is 3. The smallest absolute Gasteiger partial charge is 0.261 e. The molecule has 39 heavy (non-hydrogen) atoms.